The molecular formula is C18H35N. The van der Waals surface area contributed by atoms with E-state index in [1.807, 2.05) is 0 Å². The van der Waals surface area contributed by atoms with Crippen LogP contribution in [-0.4, -0.2) is 13.1 Å². The van der Waals surface area contributed by atoms with Gasteiger partial charge in [-0.1, -0.05) is 52.2 Å². The Morgan fingerprint density at radius 2 is 1.84 bits per heavy atom. The molecule has 0 fully saturated rings. The van der Waals surface area contributed by atoms with Crippen molar-refractivity contribution in [1.82, 2.24) is 5.32 Å². The highest BCUT2D eigenvalue weighted by Gasteiger charge is 2.32. The fourth-order valence-corrected chi connectivity index (χ4v) is 3.61. The maximum atomic E-state index is 3.75. The van der Waals surface area contributed by atoms with E-state index in [-0.39, 0.29) is 0 Å². The van der Waals surface area contributed by atoms with Crippen LogP contribution in [0.2, 0.25) is 0 Å². The molecule has 1 nitrogen and oxygen atoms in total. The number of hydrogen-bond acceptors (Lipinski definition) is 1. The van der Waals surface area contributed by atoms with Gasteiger partial charge in [-0.3, -0.25) is 0 Å². The molecule has 0 aromatic rings. The van der Waals surface area contributed by atoms with Crippen LogP contribution in [0.3, 0.4) is 0 Å². The van der Waals surface area contributed by atoms with Crippen molar-refractivity contribution < 1.29 is 0 Å². The molecule has 1 N–H and O–H groups in total. The van der Waals surface area contributed by atoms with E-state index in [9.17, 15) is 0 Å². The molecule has 19 heavy (non-hydrogen) atoms. The van der Waals surface area contributed by atoms with Gasteiger partial charge in [-0.05, 0) is 51.0 Å². The first-order valence-electron chi connectivity index (χ1n) is 8.55. The first-order chi connectivity index (χ1) is 9.14. The van der Waals surface area contributed by atoms with Crippen LogP contribution >= 0.6 is 0 Å². The molecule has 0 bridgehead atoms. The van der Waals surface area contributed by atoms with Gasteiger partial charge >= 0.3 is 0 Å². The minimum Gasteiger partial charge on any atom is -0.316 e. The van der Waals surface area contributed by atoms with Gasteiger partial charge in [-0.25, -0.2) is 0 Å². The highest BCUT2D eigenvalue weighted by atomic mass is 14.9. The average molecular weight is 265 g/mol. The minimum absolute atomic E-state index is 0.457. The van der Waals surface area contributed by atoms with Crippen LogP contribution in [0.4, 0.5) is 0 Å². The zero-order valence-electron chi connectivity index (χ0n) is 13.7. The van der Waals surface area contributed by atoms with Crippen molar-refractivity contribution in [3.05, 3.63) is 11.6 Å². The Hall–Kier alpha value is -0.300. The van der Waals surface area contributed by atoms with E-state index in [0.29, 0.717) is 5.41 Å². The fraction of sp³-hybridized carbons (Fsp3) is 0.889. The summed E-state index contributed by atoms with van der Waals surface area (Å²) in [6.45, 7) is 11.6. The molecule has 0 unspecified atom stereocenters. The first kappa shape index (κ1) is 16.8. The van der Waals surface area contributed by atoms with Gasteiger partial charge in [0.25, 0.3) is 0 Å². The number of allylic oxidation sites excluding steroid dienone is 1. The molecule has 0 atom stereocenters. The Kier molecular flexibility index (Phi) is 7.75. The highest BCUT2D eigenvalue weighted by Crippen LogP contribution is 2.41. The minimum atomic E-state index is 0.457. The molecule has 0 aromatic heterocycles. The second kappa shape index (κ2) is 8.79. The second-order valence-corrected chi connectivity index (χ2v) is 6.78. The lowest BCUT2D eigenvalue weighted by molar-refractivity contribution is 0.260. The van der Waals surface area contributed by atoms with Crippen LogP contribution in [0, 0.1) is 11.3 Å². The molecule has 1 rings (SSSR count). The Bertz CT molecular complexity index is 259. The van der Waals surface area contributed by atoms with Gasteiger partial charge in [-0.2, -0.15) is 0 Å². The highest BCUT2D eigenvalue weighted by molar-refractivity contribution is 5.17. The summed E-state index contributed by atoms with van der Waals surface area (Å²) >= 11 is 0. The maximum absolute atomic E-state index is 3.75. The zero-order chi connectivity index (χ0) is 14.1. The monoisotopic (exact) mass is 265 g/mol. The van der Waals surface area contributed by atoms with Crippen LogP contribution < -0.4 is 5.32 Å². The lowest BCUT2D eigenvalue weighted by Crippen LogP contribution is -2.38. The predicted molar refractivity (Wildman–Crippen MR) is 86.5 cm³/mol. The van der Waals surface area contributed by atoms with E-state index in [1.54, 1.807) is 5.57 Å². The standard InChI is InChI=1S/C18H35N/c1-5-12-18(13-6-2,15-19-14-16(3)4)17-10-8-7-9-11-17/h10,16,19H,5-9,11-15H2,1-4H3. The fourth-order valence-electron chi connectivity index (χ4n) is 3.61. The van der Waals surface area contributed by atoms with E-state index in [2.05, 4.69) is 39.1 Å². The van der Waals surface area contributed by atoms with E-state index < -0.39 is 0 Å². The normalized spacial score (nSPS) is 16.8. The second-order valence-electron chi connectivity index (χ2n) is 6.78. The summed E-state index contributed by atoms with van der Waals surface area (Å²) in [4.78, 5) is 0. The molecule has 0 aromatic carbocycles. The number of nitrogens with one attached hydrogen (secondary N) is 1. The van der Waals surface area contributed by atoms with Crippen molar-refractivity contribution in [2.75, 3.05) is 13.1 Å². The van der Waals surface area contributed by atoms with Crippen molar-refractivity contribution in [3.8, 4) is 0 Å². The summed E-state index contributed by atoms with van der Waals surface area (Å²) in [5.41, 5.74) is 2.23. The summed E-state index contributed by atoms with van der Waals surface area (Å²) in [7, 11) is 0. The quantitative estimate of drug-likeness (QED) is 0.556. The van der Waals surface area contributed by atoms with Crippen LogP contribution in [-0.2, 0) is 0 Å². The van der Waals surface area contributed by atoms with Gasteiger partial charge in [0.15, 0.2) is 0 Å². The van der Waals surface area contributed by atoms with E-state index in [0.717, 1.165) is 12.5 Å². The van der Waals surface area contributed by atoms with Gasteiger partial charge in [0.1, 0.15) is 0 Å². The third kappa shape index (κ3) is 5.30. The van der Waals surface area contributed by atoms with Crippen molar-refractivity contribution in [1.29, 1.82) is 0 Å². The Balaban J connectivity index is 2.76. The average Bonchev–Trinajstić information content (AvgIpc) is 2.39. The smallest absolute Gasteiger partial charge is 0.00453 e. The summed E-state index contributed by atoms with van der Waals surface area (Å²) < 4.78 is 0. The molecule has 0 heterocycles. The molecule has 1 aliphatic rings. The van der Waals surface area contributed by atoms with Crippen molar-refractivity contribution >= 4 is 0 Å². The lowest BCUT2D eigenvalue weighted by Gasteiger charge is -2.38. The third-order valence-corrected chi connectivity index (χ3v) is 4.45. The van der Waals surface area contributed by atoms with Gasteiger partial charge in [-0.15, -0.1) is 0 Å². The molecule has 1 aliphatic carbocycles. The SMILES string of the molecule is CCCC(CCC)(CNCC(C)C)C1=CCCCC1. The van der Waals surface area contributed by atoms with Crippen molar-refractivity contribution in [2.45, 2.75) is 79.1 Å². The van der Waals surface area contributed by atoms with E-state index in [1.165, 1.54) is 57.9 Å². The maximum Gasteiger partial charge on any atom is 0.00453 e. The third-order valence-electron chi connectivity index (χ3n) is 4.45. The molecular weight excluding hydrogens is 230 g/mol. The Labute approximate surface area is 121 Å². The first-order valence-corrected chi connectivity index (χ1v) is 8.55. The predicted octanol–water partition coefficient (Wildman–Crippen LogP) is 5.32. The molecule has 0 saturated carbocycles. The van der Waals surface area contributed by atoms with Gasteiger partial charge in [0.05, 0.1) is 0 Å². The summed E-state index contributed by atoms with van der Waals surface area (Å²) in [5, 5.41) is 3.75. The van der Waals surface area contributed by atoms with Crippen LogP contribution in [0.5, 0.6) is 0 Å². The van der Waals surface area contributed by atoms with E-state index >= 15 is 0 Å². The lowest BCUT2D eigenvalue weighted by atomic mass is 9.69. The van der Waals surface area contributed by atoms with Crippen LogP contribution in [0.1, 0.15) is 79.1 Å². The van der Waals surface area contributed by atoms with Gasteiger partial charge in [0, 0.05) is 12.0 Å². The number of hydrogen-bond donors (Lipinski definition) is 1. The molecule has 0 spiro atoms. The van der Waals surface area contributed by atoms with Crippen molar-refractivity contribution in [3.63, 3.8) is 0 Å². The van der Waals surface area contributed by atoms with Crippen LogP contribution in [0.25, 0.3) is 0 Å². The zero-order valence-corrected chi connectivity index (χ0v) is 13.7. The van der Waals surface area contributed by atoms with Gasteiger partial charge in [0.2, 0.25) is 0 Å². The summed E-state index contributed by atoms with van der Waals surface area (Å²) in [6.07, 6.45) is 13.4. The van der Waals surface area contributed by atoms with Crippen LogP contribution in [0.15, 0.2) is 11.6 Å². The summed E-state index contributed by atoms with van der Waals surface area (Å²) in [6, 6.07) is 0. The Morgan fingerprint density at radius 1 is 1.16 bits per heavy atom. The van der Waals surface area contributed by atoms with Gasteiger partial charge < -0.3 is 5.32 Å². The Morgan fingerprint density at radius 3 is 2.32 bits per heavy atom. The molecule has 0 aliphatic heterocycles. The topological polar surface area (TPSA) is 12.0 Å². The molecule has 1 heteroatoms. The van der Waals surface area contributed by atoms with Crippen molar-refractivity contribution in [2.24, 2.45) is 11.3 Å². The van der Waals surface area contributed by atoms with E-state index in [4.69, 9.17) is 0 Å². The molecule has 0 amide bonds. The molecule has 112 valence electrons. The summed E-state index contributed by atoms with van der Waals surface area (Å²) in [5.74, 6) is 0.751. The molecule has 0 radical (unpaired) electrons. The molecule has 0 saturated heterocycles. The largest absolute Gasteiger partial charge is 0.316 e. The number of rotatable bonds is 9.